The molecule has 1 nitrogen and oxygen atoms in total. The predicted octanol–water partition coefficient (Wildman–Crippen LogP) is 5.09. The molecule has 0 radical (unpaired) electrons. The standard InChI is InChI=1S/C19H27NS/c1-4-8-20-12-19-16(9-13(2)3)17-10-14-6-5-7-15(14)11-18(17)21-19/h10-11,13,20H,4-9,12H2,1-3H3. The Morgan fingerprint density at radius 2 is 1.95 bits per heavy atom. The first-order valence-corrected chi connectivity index (χ1v) is 9.27. The Kier molecular flexibility index (Phi) is 4.66. The average molecular weight is 301 g/mol. The number of hydrogen-bond acceptors (Lipinski definition) is 2. The summed E-state index contributed by atoms with van der Waals surface area (Å²) in [5.41, 5.74) is 4.83. The maximum absolute atomic E-state index is 3.59. The van der Waals surface area contributed by atoms with Crippen LogP contribution in [0.25, 0.3) is 10.1 Å². The van der Waals surface area contributed by atoms with Gasteiger partial charge in [-0.2, -0.15) is 0 Å². The number of nitrogens with one attached hydrogen (secondary N) is 1. The molecule has 0 unspecified atom stereocenters. The first-order valence-electron chi connectivity index (χ1n) is 8.45. The summed E-state index contributed by atoms with van der Waals surface area (Å²) < 4.78 is 1.51. The van der Waals surface area contributed by atoms with Gasteiger partial charge in [0.25, 0.3) is 0 Å². The molecule has 0 amide bonds. The van der Waals surface area contributed by atoms with Gasteiger partial charge in [0.2, 0.25) is 0 Å². The van der Waals surface area contributed by atoms with E-state index in [1.165, 1.54) is 36.8 Å². The van der Waals surface area contributed by atoms with E-state index in [1.54, 1.807) is 27.0 Å². The molecule has 0 bridgehead atoms. The van der Waals surface area contributed by atoms with E-state index in [2.05, 4.69) is 38.2 Å². The van der Waals surface area contributed by atoms with Gasteiger partial charge in [0.05, 0.1) is 0 Å². The van der Waals surface area contributed by atoms with Crippen molar-refractivity contribution < 1.29 is 0 Å². The van der Waals surface area contributed by atoms with Crippen molar-refractivity contribution in [2.45, 2.75) is 59.4 Å². The maximum atomic E-state index is 3.59. The fourth-order valence-electron chi connectivity index (χ4n) is 3.42. The van der Waals surface area contributed by atoms with Gasteiger partial charge in [0, 0.05) is 16.1 Å². The van der Waals surface area contributed by atoms with Crippen LogP contribution in [0.5, 0.6) is 0 Å². The molecule has 2 heteroatoms. The fraction of sp³-hybridized carbons (Fsp3) is 0.579. The summed E-state index contributed by atoms with van der Waals surface area (Å²) in [4.78, 5) is 1.57. The number of thiophene rings is 1. The summed E-state index contributed by atoms with van der Waals surface area (Å²) in [6.07, 6.45) is 6.33. The number of aryl methyl sites for hydroxylation is 2. The van der Waals surface area contributed by atoms with Crippen molar-refractivity contribution in [3.63, 3.8) is 0 Å². The van der Waals surface area contributed by atoms with Crippen LogP contribution < -0.4 is 5.32 Å². The largest absolute Gasteiger partial charge is 0.312 e. The van der Waals surface area contributed by atoms with Crippen molar-refractivity contribution in [1.82, 2.24) is 5.32 Å². The van der Waals surface area contributed by atoms with Crippen molar-refractivity contribution in [2.24, 2.45) is 5.92 Å². The third-order valence-corrected chi connectivity index (χ3v) is 5.61. The molecule has 1 aromatic heterocycles. The zero-order valence-corrected chi connectivity index (χ0v) is 14.4. The molecule has 114 valence electrons. The van der Waals surface area contributed by atoms with Gasteiger partial charge in [-0.1, -0.05) is 20.8 Å². The van der Waals surface area contributed by atoms with Gasteiger partial charge in [-0.25, -0.2) is 0 Å². The minimum absolute atomic E-state index is 0.723. The SMILES string of the molecule is CCCNCc1sc2cc3c(cc2c1CC(C)C)CCC3. The second kappa shape index (κ2) is 6.50. The third kappa shape index (κ3) is 3.17. The highest BCUT2D eigenvalue weighted by atomic mass is 32.1. The second-order valence-electron chi connectivity index (χ2n) is 6.75. The van der Waals surface area contributed by atoms with Crippen LogP contribution in [-0.4, -0.2) is 6.54 Å². The van der Waals surface area contributed by atoms with E-state index in [0.29, 0.717) is 0 Å². The summed E-state index contributed by atoms with van der Waals surface area (Å²) >= 11 is 2.02. The summed E-state index contributed by atoms with van der Waals surface area (Å²) in [5.74, 6) is 0.723. The smallest absolute Gasteiger partial charge is 0.0351 e. The van der Waals surface area contributed by atoms with E-state index in [1.807, 2.05) is 11.3 Å². The van der Waals surface area contributed by atoms with Crippen LogP contribution in [0.15, 0.2) is 12.1 Å². The highest BCUT2D eigenvalue weighted by molar-refractivity contribution is 7.19. The monoisotopic (exact) mass is 301 g/mol. The summed E-state index contributed by atoms with van der Waals surface area (Å²) in [6.45, 7) is 9.06. The van der Waals surface area contributed by atoms with Gasteiger partial charge >= 0.3 is 0 Å². The van der Waals surface area contributed by atoms with Crippen molar-refractivity contribution in [3.8, 4) is 0 Å². The molecule has 0 fully saturated rings. The molecule has 21 heavy (non-hydrogen) atoms. The molecule has 0 spiro atoms. The molecule has 0 saturated heterocycles. The minimum Gasteiger partial charge on any atom is -0.312 e. The van der Waals surface area contributed by atoms with Gasteiger partial charge in [0.15, 0.2) is 0 Å². The zero-order chi connectivity index (χ0) is 14.8. The van der Waals surface area contributed by atoms with E-state index in [-0.39, 0.29) is 0 Å². The molecular formula is C19H27NS. The number of rotatable bonds is 6. The summed E-state index contributed by atoms with van der Waals surface area (Å²) in [7, 11) is 0. The van der Waals surface area contributed by atoms with E-state index < -0.39 is 0 Å². The van der Waals surface area contributed by atoms with Gasteiger partial charge in [-0.05, 0) is 78.8 Å². The Bertz CT molecular complexity index is 624. The summed E-state index contributed by atoms with van der Waals surface area (Å²) in [5, 5.41) is 5.14. The number of benzene rings is 1. The van der Waals surface area contributed by atoms with Gasteiger partial charge in [-0.15, -0.1) is 11.3 Å². The molecule has 2 aromatic rings. The highest BCUT2D eigenvalue weighted by Gasteiger charge is 2.18. The fourth-order valence-corrected chi connectivity index (χ4v) is 4.67. The summed E-state index contributed by atoms with van der Waals surface area (Å²) in [6, 6.07) is 4.99. The normalized spacial score (nSPS) is 14.3. The molecule has 1 aromatic carbocycles. The Morgan fingerprint density at radius 3 is 2.67 bits per heavy atom. The molecule has 0 saturated carbocycles. The lowest BCUT2D eigenvalue weighted by Crippen LogP contribution is -2.14. The van der Waals surface area contributed by atoms with Gasteiger partial charge < -0.3 is 5.32 Å². The quantitative estimate of drug-likeness (QED) is 0.733. The average Bonchev–Trinajstić information content (AvgIpc) is 3.01. The molecule has 0 atom stereocenters. The van der Waals surface area contributed by atoms with E-state index in [4.69, 9.17) is 0 Å². The topological polar surface area (TPSA) is 12.0 Å². The molecular weight excluding hydrogens is 274 g/mol. The number of fused-ring (bicyclic) bond motifs is 2. The minimum atomic E-state index is 0.723. The zero-order valence-electron chi connectivity index (χ0n) is 13.6. The number of hydrogen-bond donors (Lipinski definition) is 1. The first-order chi connectivity index (χ1) is 10.2. The molecule has 3 rings (SSSR count). The molecule has 0 aliphatic heterocycles. The van der Waals surface area contributed by atoms with Crippen LogP contribution in [0.1, 0.15) is 55.2 Å². The Hall–Kier alpha value is -0.860. The van der Waals surface area contributed by atoms with Crippen molar-refractivity contribution in [1.29, 1.82) is 0 Å². The van der Waals surface area contributed by atoms with E-state index in [9.17, 15) is 0 Å². The van der Waals surface area contributed by atoms with Crippen molar-refractivity contribution in [2.75, 3.05) is 6.54 Å². The van der Waals surface area contributed by atoms with Crippen LogP contribution in [0.2, 0.25) is 0 Å². The predicted molar refractivity (Wildman–Crippen MR) is 94.4 cm³/mol. The lowest BCUT2D eigenvalue weighted by Gasteiger charge is -2.09. The Labute approximate surface area is 132 Å². The second-order valence-corrected chi connectivity index (χ2v) is 7.89. The third-order valence-electron chi connectivity index (χ3n) is 4.41. The van der Waals surface area contributed by atoms with Gasteiger partial charge in [0.1, 0.15) is 0 Å². The van der Waals surface area contributed by atoms with Crippen LogP contribution in [-0.2, 0) is 25.8 Å². The van der Waals surface area contributed by atoms with E-state index in [0.717, 1.165) is 19.0 Å². The Morgan fingerprint density at radius 1 is 1.19 bits per heavy atom. The van der Waals surface area contributed by atoms with Gasteiger partial charge in [-0.3, -0.25) is 0 Å². The Balaban J connectivity index is 2.00. The maximum Gasteiger partial charge on any atom is 0.0351 e. The molecule has 1 aliphatic carbocycles. The molecule has 1 heterocycles. The van der Waals surface area contributed by atoms with Crippen molar-refractivity contribution in [3.05, 3.63) is 33.7 Å². The van der Waals surface area contributed by atoms with E-state index >= 15 is 0 Å². The van der Waals surface area contributed by atoms with Crippen LogP contribution >= 0.6 is 11.3 Å². The molecule has 1 N–H and O–H groups in total. The highest BCUT2D eigenvalue weighted by Crippen LogP contribution is 2.37. The van der Waals surface area contributed by atoms with Crippen LogP contribution in [0.3, 0.4) is 0 Å². The van der Waals surface area contributed by atoms with Crippen LogP contribution in [0.4, 0.5) is 0 Å². The molecule has 1 aliphatic rings. The lowest BCUT2D eigenvalue weighted by atomic mass is 9.97. The van der Waals surface area contributed by atoms with Crippen molar-refractivity contribution >= 4 is 21.4 Å². The van der Waals surface area contributed by atoms with Crippen LogP contribution in [0, 0.1) is 5.92 Å². The first kappa shape index (κ1) is 15.1. The lowest BCUT2D eigenvalue weighted by molar-refractivity contribution is 0.636.